The molecule has 1 N–H and O–H groups in total. The standard InChI is InChI=1S/C14H26N2O2/c1-11(10-14(2,3)4)9-13(17)16-7-5-12(15-18)6-8-16/h11,18H,5-10H2,1-4H3. The number of carbonyl (C=O) groups excluding carboxylic acids is 1. The predicted octanol–water partition coefficient (Wildman–Crippen LogP) is 2.90. The summed E-state index contributed by atoms with van der Waals surface area (Å²) in [7, 11) is 0. The fraction of sp³-hybridized carbons (Fsp3) is 0.857. The third kappa shape index (κ3) is 5.07. The summed E-state index contributed by atoms with van der Waals surface area (Å²) in [5.74, 6) is 0.661. The maximum Gasteiger partial charge on any atom is 0.222 e. The fourth-order valence-corrected chi connectivity index (χ4v) is 2.66. The van der Waals surface area contributed by atoms with Gasteiger partial charge in [0.1, 0.15) is 0 Å². The SMILES string of the molecule is CC(CC(=O)N1CCC(=NO)CC1)CC(C)(C)C. The maximum absolute atomic E-state index is 12.1. The van der Waals surface area contributed by atoms with E-state index in [0.717, 1.165) is 12.1 Å². The van der Waals surface area contributed by atoms with Gasteiger partial charge in [0.2, 0.25) is 5.91 Å². The smallest absolute Gasteiger partial charge is 0.222 e. The Morgan fingerprint density at radius 3 is 2.39 bits per heavy atom. The highest BCUT2D eigenvalue weighted by Gasteiger charge is 2.23. The first-order valence-electron chi connectivity index (χ1n) is 6.79. The van der Waals surface area contributed by atoms with Gasteiger partial charge in [0.15, 0.2) is 0 Å². The van der Waals surface area contributed by atoms with Gasteiger partial charge in [-0.1, -0.05) is 32.9 Å². The maximum atomic E-state index is 12.1. The molecule has 0 aromatic heterocycles. The fourth-order valence-electron chi connectivity index (χ4n) is 2.66. The molecule has 1 fully saturated rings. The van der Waals surface area contributed by atoms with Crippen LogP contribution in [0, 0.1) is 11.3 Å². The van der Waals surface area contributed by atoms with Crippen molar-refractivity contribution < 1.29 is 10.0 Å². The lowest BCUT2D eigenvalue weighted by molar-refractivity contribution is -0.132. The summed E-state index contributed by atoms with van der Waals surface area (Å²) in [5, 5.41) is 11.9. The van der Waals surface area contributed by atoms with Gasteiger partial charge in [-0.05, 0) is 17.8 Å². The zero-order valence-electron chi connectivity index (χ0n) is 12.1. The van der Waals surface area contributed by atoms with E-state index in [4.69, 9.17) is 5.21 Å². The summed E-state index contributed by atoms with van der Waals surface area (Å²) < 4.78 is 0. The number of amides is 1. The van der Waals surface area contributed by atoms with Crippen molar-refractivity contribution >= 4 is 11.6 Å². The lowest BCUT2D eigenvalue weighted by atomic mass is 9.84. The average Bonchev–Trinajstić information content (AvgIpc) is 2.26. The summed E-state index contributed by atoms with van der Waals surface area (Å²) in [6, 6.07) is 0. The zero-order valence-corrected chi connectivity index (χ0v) is 12.1. The number of rotatable bonds is 3. The van der Waals surface area contributed by atoms with Crippen molar-refractivity contribution in [1.29, 1.82) is 0 Å². The minimum atomic E-state index is 0.240. The van der Waals surface area contributed by atoms with E-state index in [1.54, 1.807) is 0 Å². The highest BCUT2D eigenvalue weighted by atomic mass is 16.4. The molecule has 1 unspecified atom stereocenters. The van der Waals surface area contributed by atoms with Crippen LogP contribution in [0.4, 0.5) is 0 Å². The number of carbonyl (C=O) groups is 1. The quantitative estimate of drug-likeness (QED) is 0.622. The van der Waals surface area contributed by atoms with Crippen LogP contribution < -0.4 is 0 Å². The molecule has 0 aromatic carbocycles. The second kappa shape index (κ2) is 6.21. The molecule has 0 radical (unpaired) electrons. The Morgan fingerprint density at radius 2 is 1.94 bits per heavy atom. The molecule has 1 rings (SSSR count). The molecule has 4 nitrogen and oxygen atoms in total. The molecule has 104 valence electrons. The van der Waals surface area contributed by atoms with Gasteiger partial charge in [-0.3, -0.25) is 4.79 Å². The molecule has 0 spiro atoms. The van der Waals surface area contributed by atoms with Gasteiger partial charge < -0.3 is 10.1 Å². The van der Waals surface area contributed by atoms with E-state index >= 15 is 0 Å². The van der Waals surface area contributed by atoms with Gasteiger partial charge in [-0.15, -0.1) is 0 Å². The molecule has 0 bridgehead atoms. The molecule has 0 aliphatic carbocycles. The van der Waals surface area contributed by atoms with Crippen LogP contribution in [0.3, 0.4) is 0 Å². The number of hydrogen-bond donors (Lipinski definition) is 1. The summed E-state index contributed by atoms with van der Waals surface area (Å²) in [6.07, 6.45) is 3.10. The topological polar surface area (TPSA) is 52.9 Å². The molecule has 1 heterocycles. The van der Waals surface area contributed by atoms with Gasteiger partial charge in [-0.2, -0.15) is 0 Å². The van der Waals surface area contributed by atoms with Crippen molar-refractivity contribution in [3.63, 3.8) is 0 Å². The van der Waals surface area contributed by atoms with E-state index in [9.17, 15) is 4.79 Å². The van der Waals surface area contributed by atoms with Gasteiger partial charge in [0.25, 0.3) is 0 Å². The Kier molecular flexibility index (Phi) is 5.17. The van der Waals surface area contributed by atoms with E-state index in [1.165, 1.54) is 0 Å². The monoisotopic (exact) mass is 254 g/mol. The first kappa shape index (κ1) is 15.0. The van der Waals surface area contributed by atoms with Crippen molar-refractivity contribution in [3.8, 4) is 0 Å². The minimum absolute atomic E-state index is 0.240. The Morgan fingerprint density at radius 1 is 1.39 bits per heavy atom. The number of likely N-dealkylation sites (tertiary alicyclic amines) is 1. The molecule has 0 aromatic rings. The lowest BCUT2D eigenvalue weighted by Gasteiger charge is -2.29. The van der Waals surface area contributed by atoms with E-state index in [-0.39, 0.29) is 11.3 Å². The van der Waals surface area contributed by atoms with E-state index in [1.807, 2.05) is 4.90 Å². The van der Waals surface area contributed by atoms with Crippen LogP contribution in [0.5, 0.6) is 0 Å². The molecular weight excluding hydrogens is 228 g/mol. The van der Waals surface area contributed by atoms with Crippen LogP contribution >= 0.6 is 0 Å². The molecule has 1 atom stereocenters. The van der Waals surface area contributed by atoms with Crippen molar-refractivity contribution in [3.05, 3.63) is 0 Å². The number of nitrogens with zero attached hydrogens (tertiary/aromatic N) is 2. The van der Waals surface area contributed by atoms with Gasteiger partial charge in [-0.25, -0.2) is 0 Å². The van der Waals surface area contributed by atoms with Gasteiger partial charge >= 0.3 is 0 Å². The normalized spacial score (nSPS) is 18.7. The van der Waals surface area contributed by atoms with E-state index in [2.05, 4.69) is 32.9 Å². The van der Waals surface area contributed by atoms with Crippen molar-refractivity contribution in [2.45, 2.75) is 53.4 Å². The van der Waals surface area contributed by atoms with Gasteiger partial charge in [0, 0.05) is 32.4 Å². The second-order valence-electron chi connectivity index (χ2n) is 6.62. The summed E-state index contributed by atoms with van der Waals surface area (Å²) >= 11 is 0. The van der Waals surface area contributed by atoms with Gasteiger partial charge in [0.05, 0.1) is 5.71 Å². The molecule has 18 heavy (non-hydrogen) atoms. The molecule has 1 amide bonds. The zero-order chi connectivity index (χ0) is 13.8. The Hall–Kier alpha value is -1.06. The van der Waals surface area contributed by atoms with Crippen LogP contribution in [-0.4, -0.2) is 34.8 Å². The molecule has 1 aliphatic heterocycles. The Labute approximate surface area is 110 Å². The van der Waals surface area contributed by atoms with E-state index < -0.39 is 0 Å². The van der Waals surface area contributed by atoms with Crippen molar-refractivity contribution in [1.82, 2.24) is 4.90 Å². The number of piperidine rings is 1. The minimum Gasteiger partial charge on any atom is -0.411 e. The highest BCUT2D eigenvalue weighted by molar-refractivity contribution is 5.87. The first-order chi connectivity index (χ1) is 8.31. The van der Waals surface area contributed by atoms with Crippen LogP contribution in [0.15, 0.2) is 5.16 Å². The first-order valence-corrected chi connectivity index (χ1v) is 6.79. The van der Waals surface area contributed by atoms with Crippen molar-refractivity contribution in [2.24, 2.45) is 16.5 Å². The lowest BCUT2D eigenvalue weighted by Crippen LogP contribution is -2.39. The molecule has 1 saturated heterocycles. The van der Waals surface area contributed by atoms with Crippen LogP contribution in [0.1, 0.15) is 53.4 Å². The van der Waals surface area contributed by atoms with Crippen LogP contribution in [-0.2, 0) is 4.79 Å². The number of hydrogen-bond acceptors (Lipinski definition) is 3. The van der Waals surface area contributed by atoms with E-state index in [0.29, 0.717) is 38.3 Å². The Balaban J connectivity index is 2.37. The largest absolute Gasteiger partial charge is 0.411 e. The predicted molar refractivity (Wildman–Crippen MR) is 72.9 cm³/mol. The van der Waals surface area contributed by atoms with Crippen LogP contribution in [0.25, 0.3) is 0 Å². The average molecular weight is 254 g/mol. The third-order valence-electron chi connectivity index (χ3n) is 3.32. The Bertz CT molecular complexity index is 308. The summed E-state index contributed by atoms with van der Waals surface area (Å²) in [4.78, 5) is 14.0. The third-order valence-corrected chi connectivity index (χ3v) is 3.32. The van der Waals surface area contributed by atoms with Crippen LogP contribution in [0.2, 0.25) is 0 Å². The number of oxime groups is 1. The molecule has 1 aliphatic rings. The molecule has 0 saturated carbocycles. The summed E-state index contributed by atoms with van der Waals surface area (Å²) in [5.41, 5.74) is 1.08. The summed E-state index contributed by atoms with van der Waals surface area (Å²) in [6.45, 7) is 10.2. The van der Waals surface area contributed by atoms with Crippen molar-refractivity contribution in [2.75, 3.05) is 13.1 Å². The molecule has 4 heteroatoms. The highest BCUT2D eigenvalue weighted by Crippen LogP contribution is 2.26. The molecular formula is C14H26N2O2. The second-order valence-corrected chi connectivity index (χ2v) is 6.62.